The topological polar surface area (TPSA) is 75.4 Å². The average molecular weight is 287 g/mol. The molecular formula is C16H21N3O2. The van der Waals surface area contributed by atoms with E-state index in [1.807, 2.05) is 17.0 Å². The van der Waals surface area contributed by atoms with Crippen LogP contribution in [0.4, 0.5) is 0 Å². The third-order valence-corrected chi connectivity index (χ3v) is 4.59. The molecule has 0 radical (unpaired) electrons. The summed E-state index contributed by atoms with van der Waals surface area (Å²) < 4.78 is 0. The number of hydrogen-bond acceptors (Lipinski definition) is 3. The summed E-state index contributed by atoms with van der Waals surface area (Å²) in [5, 5.41) is 3.32. The molecule has 2 amide bonds. The van der Waals surface area contributed by atoms with Gasteiger partial charge in [0.15, 0.2) is 0 Å². The number of carbonyl (C=O) groups is 2. The molecule has 0 saturated carbocycles. The molecule has 21 heavy (non-hydrogen) atoms. The number of likely N-dealkylation sites (tertiary alicyclic amines) is 1. The number of carbonyl (C=O) groups excluding carboxylic acids is 2. The number of piperidine rings is 1. The Hall–Kier alpha value is -1.88. The Labute approximate surface area is 124 Å². The van der Waals surface area contributed by atoms with Crippen LogP contribution < -0.4 is 11.1 Å². The van der Waals surface area contributed by atoms with Gasteiger partial charge in [-0.2, -0.15) is 0 Å². The molecule has 5 nitrogen and oxygen atoms in total. The Morgan fingerprint density at radius 1 is 1.14 bits per heavy atom. The Morgan fingerprint density at radius 2 is 1.81 bits per heavy atom. The lowest BCUT2D eigenvalue weighted by molar-refractivity contribution is -0.137. The molecule has 1 aromatic rings. The average Bonchev–Trinajstić information content (AvgIpc) is 2.54. The maximum Gasteiger partial charge on any atom is 0.240 e. The van der Waals surface area contributed by atoms with Crippen LogP contribution in [0.25, 0.3) is 0 Å². The van der Waals surface area contributed by atoms with E-state index in [1.54, 1.807) is 0 Å². The lowest BCUT2D eigenvalue weighted by Gasteiger charge is -2.35. The van der Waals surface area contributed by atoms with Crippen LogP contribution in [0.2, 0.25) is 0 Å². The van der Waals surface area contributed by atoms with Gasteiger partial charge in [-0.05, 0) is 30.4 Å². The molecule has 2 aliphatic heterocycles. The molecule has 2 aliphatic rings. The van der Waals surface area contributed by atoms with E-state index in [-0.39, 0.29) is 23.8 Å². The molecule has 3 rings (SSSR count). The van der Waals surface area contributed by atoms with Gasteiger partial charge in [0.1, 0.15) is 0 Å². The first-order valence-corrected chi connectivity index (χ1v) is 7.53. The van der Waals surface area contributed by atoms with E-state index in [2.05, 4.69) is 17.4 Å². The maximum absolute atomic E-state index is 12.6. The fraction of sp³-hybridized carbons (Fsp3) is 0.500. The number of nitrogens with two attached hydrogens (primary N) is 1. The third kappa shape index (κ3) is 2.93. The number of primary amides is 1. The van der Waals surface area contributed by atoms with Crippen molar-refractivity contribution in [1.82, 2.24) is 10.2 Å². The molecule has 1 fully saturated rings. The largest absolute Gasteiger partial charge is 0.369 e. The van der Waals surface area contributed by atoms with Crippen LogP contribution in [0, 0.1) is 5.92 Å². The zero-order valence-corrected chi connectivity index (χ0v) is 12.0. The summed E-state index contributed by atoms with van der Waals surface area (Å²) in [5.74, 6) is -0.173. The molecular weight excluding hydrogens is 266 g/mol. The van der Waals surface area contributed by atoms with Crippen molar-refractivity contribution < 1.29 is 9.59 Å². The van der Waals surface area contributed by atoms with E-state index in [1.165, 1.54) is 11.1 Å². The zero-order valence-electron chi connectivity index (χ0n) is 12.0. The van der Waals surface area contributed by atoms with Crippen LogP contribution in [-0.4, -0.2) is 35.8 Å². The van der Waals surface area contributed by atoms with E-state index in [9.17, 15) is 9.59 Å². The van der Waals surface area contributed by atoms with Gasteiger partial charge in [-0.3, -0.25) is 9.59 Å². The van der Waals surface area contributed by atoms with Gasteiger partial charge in [0, 0.05) is 25.6 Å². The van der Waals surface area contributed by atoms with Gasteiger partial charge < -0.3 is 16.0 Å². The molecule has 1 unspecified atom stereocenters. The van der Waals surface area contributed by atoms with Crippen molar-refractivity contribution in [2.75, 3.05) is 13.1 Å². The number of nitrogens with zero attached hydrogens (tertiary/aromatic N) is 1. The van der Waals surface area contributed by atoms with E-state index in [0.29, 0.717) is 25.9 Å². The van der Waals surface area contributed by atoms with Crippen molar-refractivity contribution in [3.8, 4) is 0 Å². The van der Waals surface area contributed by atoms with Gasteiger partial charge in [-0.25, -0.2) is 0 Å². The van der Waals surface area contributed by atoms with Crippen molar-refractivity contribution in [3.05, 3.63) is 35.4 Å². The second kappa shape index (κ2) is 5.85. The number of hydrogen-bond donors (Lipinski definition) is 2. The number of nitrogens with one attached hydrogen (secondary N) is 1. The molecule has 1 saturated heterocycles. The molecule has 0 aromatic heterocycles. The highest BCUT2D eigenvalue weighted by Crippen LogP contribution is 2.21. The third-order valence-electron chi connectivity index (χ3n) is 4.59. The summed E-state index contributed by atoms with van der Waals surface area (Å²) in [6.07, 6.45) is 2.11. The van der Waals surface area contributed by atoms with Crippen LogP contribution >= 0.6 is 0 Å². The molecule has 1 atom stereocenters. The van der Waals surface area contributed by atoms with Crippen LogP contribution in [0.5, 0.6) is 0 Å². The number of fused-ring (bicyclic) bond motifs is 1. The van der Waals surface area contributed by atoms with Crippen LogP contribution in [0.15, 0.2) is 24.3 Å². The summed E-state index contributed by atoms with van der Waals surface area (Å²) in [7, 11) is 0. The fourth-order valence-corrected chi connectivity index (χ4v) is 3.23. The Morgan fingerprint density at radius 3 is 2.48 bits per heavy atom. The molecule has 3 N–H and O–H groups in total. The highest BCUT2D eigenvalue weighted by Gasteiger charge is 2.31. The highest BCUT2D eigenvalue weighted by molar-refractivity contribution is 5.83. The molecule has 1 aromatic carbocycles. The number of benzene rings is 1. The van der Waals surface area contributed by atoms with Gasteiger partial charge in [-0.1, -0.05) is 24.3 Å². The van der Waals surface area contributed by atoms with Gasteiger partial charge in [0.05, 0.1) is 6.04 Å². The monoisotopic (exact) mass is 287 g/mol. The van der Waals surface area contributed by atoms with Gasteiger partial charge in [-0.15, -0.1) is 0 Å². The Kier molecular flexibility index (Phi) is 3.92. The number of amides is 2. The molecule has 0 spiro atoms. The number of rotatable bonds is 2. The second-order valence-electron chi connectivity index (χ2n) is 5.91. The van der Waals surface area contributed by atoms with Gasteiger partial charge in [0.25, 0.3) is 0 Å². The second-order valence-corrected chi connectivity index (χ2v) is 5.91. The Balaban J connectivity index is 1.61. The van der Waals surface area contributed by atoms with E-state index in [0.717, 1.165) is 13.0 Å². The summed E-state index contributed by atoms with van der Waals surface area (Å²) in [6, 6.07) is 8.09. The summed E-state index contributed by atoms with van der Waals surface area (Å²) in [4.78, 5) is 25.6. The van der Waals surface area contributed by atoms with Crippen molar-refractivity contribution >= 4 is 11.8 Å². The SMILES string of the molecule is NC(=O)C1CCN(C(=O)C2Cc3ccccc3CN2)CC1. The lowest BCUT2D eigenvalue weighted by atomic mass is 9.93. The quantitative estimate of drug-likeness (QED) is 0.828. The lowest BCUT2D eigenvalue weighted by Crippen LogP contribution is -2.52. The standard InChI is InChI=1S/C16H21N3O2/c17-15(20)11-5-7-19(8-6-11)16(21)14-9-12-3-1-2-4-13(12)10-18-14/h1-4,11,14,18H,5-10H2,(H2,17,20). The van der Waals surface area contributed by atoms with E-state index < -0.39 is 0 Å². The normalized spacial score (nSPS) is 22.7. The van der Waals surface area contributed by atoms with Crippen molar-refractivity contribution in [3.63, 3.8) is 0 Å². The van der Waals surface area contributed by atoms with Gasteiger partial charge in [0.2, 0.25) is 11.8 Å². The van der Waals surface area contributed by atoms with Crippen LogP contribution in [-0.2, 0) is 22.6 Å². The van der Waals surface area contributed by atoms with Crippen molar-refractivity contribution in [1.29, 1.82) is 0 Å². The fourth-order valence-electron chi connectivity index (χ4n) is 3.23. The smallest absolute Gasteiger partial charge is 0.240 e. The minimum Gasteiger partial charge on any atom is -0.369 e. The molecule has 5 heteroatoms. The highest BCUT2D eigenvalue weighted by atomic mass is 16.2. The minimum absolute atomic E-state index is 0.0749. The molecule has 0 bridgehead atoms. The summed E-state index contributed by atoms with van der Waals surface area (Å²) in [6.45, 7) is 2.00. The first-order chi connectivity index (χ1) is 10.1. The summed E-state index contributed by atoms with van der Waals surface area (Å²) >= 11 is 0. The van der Waals surface area contributed by atoms with Crippen molar-refractivity contribution in [2.45, 2.75) is 31.8 Å². The minimum atomic E-state index is -0.244. The molecule has 2 heterocycles. The predicted molar refractivity (Wildman–Crippen MR) is 79.3 cm³/mol. The van der Waals surface area contributed by atoms with Crippen molar-refractivity contribution in [2.24, 2.45) is 11.7 Å². The first kappa shape index (κ1) is 14.1. The van der Waals surface area contributed by atoms with E-state index >= 15 is 0 Å². The van der Waals surface area contributed by atoms with Crippen LogP contribution in [0.1, 0.15) is 24.0 Å². The molecule has 112 valence electrons. The zero-order chi connectivity index (χ0) is 14.8. The first-order valence-electron chi connectivity index (χ1n) is 7.53. The Bertz CT molecular complexity index is 550. The summed E-state index contributed by atoms with van der Waals surface area (Å²) in [5.41, 5.74) is 7.85. The van der Waals surface area contributed by atoms with E-state index in [4.69, 9.17) is 5.73 Å². The maximum atomic E-state index is 12.6. The molecule has 0 aliphatic carbocycles. The predicted octanol–water partition coefficient (Wildman–Crippen LogP) is 0.425. The van der Waals surface area contributed by atoms with Gasteiger partial charge >= 0.3 is 0 Å². The van der Waals surface area contributed by atoms with Crippen LogP contribution in [0.3, 0.4) is 0 Å².